The molecule has 1 spiro atoms. The van der Waals surface area contributed by atoms with E-state index in [1.54, 1.807) is 24.3 Å². The Kier molecular flexibility index (Phi) is 5.95. The second-order valence-corrected chi connectivity index (χ2v) is 9.62. The first-order valence-corrected chi connectivity index (χ1v) is 11.7. The minimum Gasteiger partial charge on any atom is -0.465 e. The minimum atomic E-state index is -0.444. The van der Waals surface area contributed by atoms with Crippen LogP contribution in [0.15, 0.2) is 54.6 Å². The first kappa shape index (κ1) is 22.1. The third-order valence-corrected chi connectivity index (χ3v) is 7.34. The lowest BCUT2D eigenvalue weighted by atomic mass is 9.83. The van der Waals surface area contributed by atoms with E-state index in [1.165, 1.54) is 12.7 Å². The summed E-state index contributed by atoms with van der Waals surface area (Å²) in [4.78, 5) is 31.8. The summed E-state index contributed by atoms with van der Waals surface area (Å²) in [7, 11) is 1.34. The molecule has 2 aromatic rings. The van der Waals surface area contributed by atoms with E-state index in [1.807, 2.05) is 11.0 Å². The van der Waals surface area contributed by atoms with Crippen LogP contribution in [0.25, 0.3) is 0 Å². The fraction of sp³-hybridized carbons (Fsp3) is 0.462. The number of aliphatic hydroxyl groups is 1. The summed E-state index contributed by atoms with van der Waals surface area (Å²) >= 11 is 0. The standard InChI is InChI=1S/C26H31N3O4/c1-33-25(32)21-9-5-8-20(12-21)24(31)28-17-26(18-28)16-27(11-10-19-6-3-2-4-7-19)14-22-13-23(30)15-29(22)26/h2-9,12,22-23,30H,10-11,13-18H2,1H3/t22-,23-/m1/s1. The highest BCUT2D eigenvalue weighted by Crippen LogP contribution is 2.39. The molecular weight excluding hydrogens is 418 g/mol. The van der Waals surface area contributed by atoms with Crippen molar-refractivity contribution in [1.29, 1.82) is 0 Å². The highest BCUT2D eigenvalue weighted by Gasteiger charge is 2.57. The lowest BCUT2D eigenvalue weighted by Gasteiger charge is -2.61. The van der Waals surface area contributed by atoms with Crippen molar-refractivity contribution in [1.82, 2.24) is 14.7 Å². The number of amides is 1. The van der Waals surface area contributed by atoms with Crippen LogP contribution in [0, 0.1) is 0 Å². The number of fused-ring (bicyclic) bond motifs is 2. The van der Waals surface area contributed by atoms with Crippen molar-refractivity contribution in [2.24, 2.45) is 0 Å². The molecule has 3 heterocycles. The molecule has 5 rings (SSSR count). The maximum absolute atomic E-state index is 13.2. The van der Waals surface area contributed by atoms with Crippen LogP contribution in [0.5, 0.6) is 0 Å². The van der Waals surface area contributed by atoms with Crippen LogP contribution in [0.3, 0.4) is 0 Å². The number of esters is 1. The number of ether oxygens (including phenoxy) is 1. The average Bonchev–Trinajstić information content (AvgIpc) is 3.21. The van der Waals surface area contributed by atoms with Crippen LogP contribution < -0.4 is 0 Å². The second kappa shape index (κ2) is 8.89. The van der Waals surface area contributed by atoms with E-state index in [4.69, 9.17) is 4.74 Å². The van der Waals surface area contributed by atoms with Gasteiger partial charge < -0.3 is 14.7 Å². The van der Waals surface area contributed by atoms with Crippen LogP contribution >= 0.6 is 0 Å². The van der Waals surface area contributed by atoms with Gasteiger partial charge in [0.1, 0.15) is 0 Å². The summed E-state index contributed by atoms with van der Waals surface area (Å²) in [6.07, 6.45) is 1.48. The summed E-state index contributed by atoms with van der Waals surface area (Å²) in [5.41, 5.74) is 2.09. The molecule has 1 N–H and O–H groups in total. The summed E-state index contributed by atoms with van der Waals surface area (Å²) in [5.74, 6) is -0.510. The Hall–Kier alpha value is -2.74. The molecule has 0 unspecified atom stereocenters. The molecule has 1 amide bonds. The number of carbonyl (C=O) groups is 2. The van der Waals surface area contributed by atoms with Crippen molar-refractivity contribution in [2.45, 2.75) is 30.5 Å². The number of rotatable bonds is 5. The van der Waals surface area contributed by atoms with Crippen molar-refractivity contribution in [3.05, 3.63) is 71.3 Å². The first-order valence-electron chi connectivity index (χ1n) is 11.7. The van der Waals surface area contributed by atoms with Crippen molar-refractivity contribution >= 4 is 11.9 Å². The van der Waals surface area contributed by atoms with Gasteiger partial charge in [0.25, 0.3) is 5.91 Å². The van der Waals surface area contributed by atoms with Crippen LogP contribution in [-0.2, 0) is 11.2 Å². The molecule has 3 fully saturated rings. The Balaban J connectivity index is 1.28. The topological polar surface area (TPSA) is 73.3 Å². The van der Waals surface area contributed by atoms with Crippen LogP contribution in [-0.4, -0.2) is 95.7 Å². The van der Waals surface area contributed by atoms with E-state index in [-0.39, 0.29) is 17.6 Å². The fourth-order valence-corrected chi connectivity index (χ4v) is 5.79. The monoisotopic (exact) mass is 449 g/mol. The molecule has 3 aliphatic rings. The number of benzene rings is 2. The van der Waals surface area contributed by atoms with E-state index < -0.39 is 5.97 Å². The summed E-state index contributed by atoms with van der Waals surface area (Å²) in [6.45, 7) is 4.78. The zero-order chi connectivity index (χ0) is 23.0. The predicted molar refractivity (Wildman–Crippen MR) is 124 cm³/mol. The van der Waals surface area contributed by atoms with E-state index in [2.05, 4.69) is 34.1 Å². The van der Waals surface area contributed by atoms with Crippen LogP contribution in [0.2, 0.25) is 0 Å². The van der Waals surface area contributed by atoms with Gasteiger partial charge in [-0.05, 0) is 36.6 Å². The maximum Gasteiger partial charge on any atom is 0.337 e. The van der Waals surface area contributed by atoms with Crippen molar-refractivity contribution in [3.8, 4) is 0 Å². The number of aliphatic hydroxyl groups excluding tert-OH is 1. The van der Waals surface area contributed by atoms with Gasteiger partial charge in [-0.1, -0.05) is 36.4 Å². The largest absolute Gasteiger partial charge is 0.465 e. The number of piperazine rings is 1. The molecule has 7 heteroatoms. The third-order valence-electron chi connectivity index (χ3n) is 7.34. The molecule has 0 aliphatic carbocycles. The normalized spacial score (nSPS) is 24.4. The summed E-state index contributed by atoms with van der Waals surface area (Å²) < 4.78 is 4.79. The molecule has 174 valence electrons. The lowest BCUT2D eigenvalue weighted by molar-refractivity contribution is -0.0995. The zero-order valence-corrected chi connectivity index (χ0v) is 19.0. The Morgan fingerprint density at radius 3 is 2.55 bits per heavy atom. The summed E-state index contributed by atoms with van der Waals surface area (Å²) in [6, 6.07) is 17.6. The van der Waals surface area contributed by atoms with Gasteiger partial charge in [0.05, 0.1) is 24.3 Å². The number of β-amino-alcohol motifs (C(OH)–C–C–N with tert-alkyl or cyclic N) is 1. The molecule has 33 heavy (non-hydrogen) atoms. The number of hydrogen-bond donors (Lipinski definition) is 1. The maximum atomic E-state index is 13.2. The Labute approximate surface area is 194 Å². The number of likely N-dealkylation sites (tertiary alicyclic amines) is 1. The molecule has 0 radical (unpaired) electrons. The van der Waals surface area contributed by atoms with E-state index in [0.717, 1.165) is 32.5 Å². The van der Waals surface area contributed by atoms with E-state index in [9.17, 15) is 14.7 Å². The first-order chi connectivity index (χ1) is 16.0. The van der Waals surface area contributed by atoms with Gasteiger partial charge in [-0.3, -0.25) is 14.6 Å². The van der Waals surface area contributed by atoms with Gasteiger partial charge in [0.2, 0.25) is 0 Å². The predicted octanol–water partition coefficient (Wildman–Crippen LogP) is 1.66. The minimum absolute atomic E-state index is 0.0657. The summed E-state index contributed by atoms with van der Waals surface area (Å²) in [5, 5.41) is 10.4. The Bertz CT molecular complexity index is 1020. The molecule has 0 saturated carbocycles. The number of nitrogens with zero attached hydrogens (tertiary/aromatic N) is 3. The molecule has 0 aromatic heterocycles. The number of hydrogen-bond acceptors (Lipinski definition) is 6. The quantitative estimate of drug-likeness (QED) is 0.700. The molecule has 0 bridgehead atoms. The lowest BCUT2D eigenvalue weighted by Crippen LogP contribution is -2.78. The van der Waals surface area contributed by atoms with E-state index in [0.29, 0.717) is 36.8 Å². The number of carbonyl (C=O) groups excluding carboxylic acids is 2. The molecule has 3 aliphatic heterocycles. The highest BCUT2D eigenvalue weighted by atomic mass is 16.5. The fourth-order valence-electron chi connectivity index (χ4n) is 5.79. The van der Waals surface area contributed by atoms with Crippen LogP contribution in [0.1, 0.15) is 32.7 Å². The molecular formula is C26H31N3O4. The zero-order valence-electron chi connectivity index (χ0n) is 19.0. The van der Waals surface area contributed by atoms with Crippen molar-refractivity contribution in [3.63, 3.8) is 0 Å². The molecule has 2 atom stereocenters. The SMILES string of the molecule is COC(=O)c1cccc(C(=O)N2CC3(CN(CCc4ccccc4)C[C@H]4C[C@@H](O)CN43)C2)c1. The van der Waals surface area contributed by atoms with Gasteiger partial charge in [-0.25, -0.2) is 4.79 Å². The second-order valence-electron chi connectivity index (χ2n) is 9.62. The number of methoxy groups -OCH3 is 1. The van der Waals surface area contributed by atoms with Gasteiger partial charge in [0, 0.05) is 50.9 Å². The van der Waals surface area contributed by atoms with Crippen molar-refractivity contribution in [2.75, 3.05) is 46.4 Å². The van der Waals surface area contributed by atoms with Gasteiger partial charge in [-0.2, -0.15) is 0 Å². The van der Waals surface area contributed by atoms with Crippen LogP contribution in [0.4, 0.5) is 0 Å². The molecule has 2 aromatic carbocycles. The van der Waals surface area contributed by atoms with Gasteiger partial charge in [-0.15, -0.1) is 0 Å². The smallest absolute Gasteiger partial charge is 0.337 e. The third kappa shape index (κ3) is 4.28. The van der Waals surface area contributed by atoms with E-state index >= 15 is 0 Å². The Morgan fingerprint density at radius 1 is 1.03 bits per heavy atom. The van der Waals surface area contributed by atoms with Gasteiger partial charge in [0.15, 0.2) is 0 Å². The average molecular weight is 450 g/mol. The van der Waals surface area contributed by atoms with Crippen molar-refractivity contribution < 1.29 is 19.4 Å². The highest BCUT2D eigenvalue weighted by molar-refractivity contribution is 5.98. The Morgan fingerprint density at radius 2 is 1.79 bits per heavy atom. The molecule has 3 saturated heterocycles. The molecule has 7 nitrogen and oxygen atoms in total. The van der Waals surface area contributed by atoms with Gasteiger partial charge >= 0.3 is 5.97 Å².